The molecular weight excluding hydrogens is 196 g/mol. The molecule has 0 heterocycles. The van der Waals surface area contributed by atoms with Crippen molar-refractivity contribution in [2.75, 3.05) is 7.11 Å². The van der Waals surface area contributed by atoms with E-state index in [-0.39, 0.29) is 5.96 Å². The number of rotatable bonds is 3. The van der Waals surface area contributed by atoms with Gasteiger partial charge in [0.1, 0.15) is 5.75 Å². The molecule has 6 heteroatoms. The third-order valence-corrected chi connectivity index (χ3v) is 1.58. The molecule has 0 aliphatic heterocycles. The number of nitrogens with one attached hydrogen (secondary N) is 1. The van der Waals surface area contributed by atoms with E-state index in [4.69, 9.17) is 15.7 Å². The highest BCUT2D eigenvalue weighted by atomic mass is 16.5. The van der Waals surface area contributed by atoms with Gasteiger partial charge in [0.15, 0.2) is 0 Å². The molecular formula is C9H12N4O2. The van der Waals surface area contributed by atoms with Crippen LogP contribution in [0.4, 0.5) is 0 Å². The zero-order valence-corrected chi connectivity index (χ0v) is 8.21. The Hall–Kier alpha value is -2.08. The summed E-state index contributed by atoms with van der Waals surface area (Å²) in [6, 6.07) is 7.29. The molecule has 1 rings (SSSR count). The smallest absolute Gasteiger partial charge is 0.237 e. The average Bonchev–Trinajstić information content (AvgIpc) is 2.29. The Morgan fingerprint density at radius 3 is 3.07 bits per heavy atom. The molecule has 0 saturated carbocycles. The molecule has 0 bridgehead atoms. The van der Waals surface area contributed by atoms with Gasteiger partial charge >= 0.3 is 0 Å². The quantitative estimate of drug-likeness (QED) is 0.379. The second-order valence-electron chi connectivity index (χ2n) is 2.62. The first-order valence-corrected chi connectivity index (χ1v) is 4.17. The second-order valence-corrected chi connectivity index (χ2v) is 2.62. The van der Waals surface area contributed by atoms with Gasteiger partial charge in [0, 0.05) is 0 Å². The predicted octanol–water partition coefficient (Wildman–Crippen LogP) is 0.323. The summed E-state index contributed by atoms with van der Waals surface area (Å²) in [5.74, 6) is 0.560. The summed E-state index contributed by atoms with van der Waals surface area (Å²) in [6.45, 7) is 0. The van der Waals surface area contributed by atoms with Crippen molar-refractivity contribution in [1.29, 1.82) is 0 Å². The number of ether oxygens (including phenoxy) is 1. The number of nitrogens with two attached hydrogens (primary N) is 1. The Bertz CT molecular complexity index is 376. The number of hydrogen-bond acceptors (Lipinski definition) is 4. The molecule has 0 aliphatic carbocycles. The average molecular weight is 208 g/mol. The summed E-state index contributed by atoms with van der Waals surface area (Å²) in [7, 11) is 1.59. The summed E-state index contributed by atoms with van der Waals surface area (Å²) < 4.78 is 5.03. The minimum Gasteiger partial charge on any atom is -0.497 e. The fourth-order valence-electron chi connectivity index (χ4n) is 0.902. The van der Waals surface area contributed by atoms with E-state index < -0.39 is 0 Å². The third-order valence-electron chi connectivity index (χ3n) is 1.58. The van der Waals surface area contributed by atoms with Crippen molar-refractivity contribution in [3.63, 3.8) is 0 Å². The van der Waals surface area contributed by atoms with E-state index >= 15 is 0 Å². The summed E-state index contributed by atoms with van der Waals surface area (Å²) in [5.41, 5.74) is 7.63. The molecule has 0 unspecified atom stereocenters. The van der Waals surface area contributed by atoms with Crippen LogP contribution in [-0.4, -0.2) is 24.5 Å². The van der Waals surface area contributed by atoms with Crippen LogP contribution in [0.2, 0.25) is 0 Å². The maximum Gasteiger partial charge on any atom is 0.237 e. The Labute approximate surface area is 87.0 Å². The van der Waals surface area contributed by atoms with Gasteiger partial charge in [-0.15, -0.1) is 5.10 Å². The van der Waals surface area contributed by atoms with E-state index in [2.05, 4.69) is 10.2 Å². The number of guanidine groups is 1. The van der Waals surface area contributed by atoms with E-state index in [0.717, 1.165) is 11.3 Å². The SMILES string of the molecule is COc1cccc(/C=N\N=C(N)NO)c1. The molecule has 15 heavy (non-hydrogen) atoms. The number of hydroxylamine groups is 1. The first-order valence-electron chi connectivity index (χ1n) is 4.17. The van der Waals surface area contributed by atoms with Crippen molar-refractivity contribution in [2.45, 2.75) is 0 Å². The van der Waals surface area contributed by atoms with E-state index in [9.17, 15) is 0 Å². The fraction of sp³-hybridized carbons (Fsp3) is 0.111. The molecule has 6 nitrogen and oxygen atoms in total. The minimum atomic E-state index is -0.172. The molecule has 0 fully saturated rings. The highest BCUT2D eigenvalue weighted by Crippen LogP contribution is 2.10. The predicted molar refractivity (Wildman–Crippen MR) is 57.1 cm³/mol. The van der Waals surface area contributed by atoms with Crippen molar-refractivity contribution in [1.82, 2.24) is 5.48 Å². The molecule has 1 aromatic carbocycles. The second kappa shape index (κ2) is 5.61. The molecule has 0 amide bonds. The number of nitrogens with zero attached hydrogens (tertiary/aromatic N) is 2. The standard InChI is InChI=1S/C9H12N4O2/c1-15-8-4-2-3-7(5-8)6-11-12-9(10)13-14/h2-6,14H,1H3,(H3,10,12,13)/b11-6-. The van der Waals surface area contributed by atoms with Crippen LogP contribution in [0.5, 0.6) is 5.75 Å². The molecule has 0 atom stereocenters. The maximum atomic E-state index is 8.31. The lowest BCUT2D eigenvalue weighted by atomic mass is 10.2. The van der Waals surface area contributed by atoms with Gasteiger partial charge < -0.3 is 10.5 Å². The van der Waals surface area contributed by atoms with E-state index in [1.54, 1.807) is 18.7 Å². The zero-order valence-electron chi connectivity index (χ0n) is 8.21. The third kappa shape index (κ3) is 3.65. The first-order chi connectivity index (χ1) is 7.26. The Morgan fingerprint density at radius 2 is 2.40 bits per heavy atom. The molecule has 0 spiro atoms. The van der Waals surface area contributed by atoms with Crippen LogP contribution < -0.4 is 16.0 Å². The van der Waals surface area contributed by atoms with Crippen LogP contribution in [0, 0.1) is 0 Å². The highest BCUT2D eigenvalue weighted by molar-refractivity contribution is 5.82. The molecule has 0 aromatic heterocycles. The molecule has 80 valence electrons. The molecule has 0 aliphatic rings. The fourth-order valence-corrected chi connectivity index (χ4v) is 0.902. The van der Waals surface area contributed by atoms with Gasteiger partial charge in [-0.25, -0.2) is 5.48 Å². The number of methoxy groups -OCH3 is 1. The van der Waals surface area contributed by atoms with Crippen LogP contribution in [0.15, 0.2) is 34.5 Å². The summed E-state index contributed by atoms with van der Waals surface area (Å²) in [5, 5.41) is 15.4. The van der Waals surface area contributed by atoms with Gasteiger partial charge in [0.2, 0.25) is 5.96 Å². The van der Waals surface area contributed by atoms with E-state index in [1.165, 1.54) is 6.21 Å². The van der Waals surface area contributed by atoms with Gasteiger partial charge in [-0.3, -0.25) is 5.21 Å². The number of benzene rings is 1. The monoisotopic (exact) mass is 208 g/mol. The minimum absolute atomic E-state index is 0.172. The van der Waals surface area contributed by atoms with Crippen LogP contribution in [0.25, 0.3) is 0 Å². The lowest BCUT2D eigenvalue weighted by molar-refractivity contribution is 0.232. The van der Waals surface area contributed by atoms with Crippen molar-refractivity contribution >= 4 is 12.2 Å². The van der Waals surface area contributed by atoms with Crippen LogP contribution >= 0.6 is 0 Å². The van der Waals surface area contributed by atoms with Gasteiger partial charge in [-0.2, -0.15) is 5.10 Å². The van der Waals surface area contributed by atoms with Gasteiger partial charge in [-0.05, 0) is 17.7 Å². The van der Waals surface area contributed by atoms with E-state index in [1.807, 2.05) is 18.2 Å². The highest BCUT2D eigenvalue weighted by Gasteiger charge is 1.91. The Morgan fingerprint density at radius 1 is 1.60 bits per heavy atom. The van der Waals surface area contributed by atoms with Gasteiger partial charge in [-0.1, -0.05) is 12.1 Å². The molecule has 4 N–H and O–H groups in total. The van der Waals surface area contributed by atoms with Crippen molar-refractivity contribution in [2.24, 2.45) is 15.9 Å². The van der Waals surface area contributed by atoms with Gasteiger partial charge in [0.25, 0.3) is 0 Å². The largest absolute Gasteiger partial charge is 0.497 e. The number of hydrogen-bond donors (Lipinski definition) is 3. The maximum absolute atomic E-state index is 8.31. The van der Waals surface area contributed by atoms with E-state index in [0.29, 0.717) is 0 Å². The van der Waals surface area contributed by atoms with Gasteiger partial charge in [0.05, 0.1) is 13.3 Å². The van der Waals surface area contributed by atoms with Crippen LogP contribution in [-0.2, 0) is 0 Å². The Balaban J connectivity index is 2.72. The molecule has 0 saturated heterocycles. The Kier molecular flexibility index (Phi) is 4.11. The molecule has 0 radical (unpaired) electrons. The normalized spacial score (nSPS) is 11.7. The van der Waals surface area contributed by atoms with Crippen LogP contribution in [0.3, 0.4) is 0 Å². The van der Waals surface area contributed by atoms with Crippen LogP contribution in [0.1, 0.15) is 5.56 Å². The summed E-state index contributed by atoms with van der Waals surface area (Å²) in [6.07, 6.45) is 1.49. The van der Waals surface area contributed by atoms with Crippen molar-refractivity contribution in [3.8, 4) is 5.75 Å². The first kappa shape index (κ1) is 11.0. The van der Waals surface area contributed by atoms with Crippen molar-refractivity contribution in [3.05, 3.63) is 29.8 Å². The van der Waals surface area contributed by atoms with Crippen molar-refractivity contribution < 1.29 is 9.94 Å². The zero-order chi connectivity index (χ0) is 11.1. The summed E-state index contributed by atoms with van der Waals surface area (Å²) >= 11 is 0. The lowest BCUT2D eigenvalue weighted by Crippen LogP contribution is -2.27. The molecule has 1 aromatic rings. The lowest BCUT2D eigenvalue weighted by Gasteiger charge is -1.98. The topological polar surface area (TPSA) is 92.2 Å². The summed E-state index contributed by atoms with van der Waals surface area (Å²) in [4.78, 5) is 0.